The van der Waals surface area contributed by atoms with Crippen molar-refractivity contribution in [3.8, 4) is 22.3 Å². The summed E-state index contributed by atoms with van der Waals surface area (Å²) in [6.45, 7) is 0. The fourth-order valence-electron chi connectivity index (χ4n) is 11.3. The van der Waals surface area contributed by atoms with Crippen LogP contribution < -0.4 is 4.90 Å². The predicted molar refractivity (Wildman–Crippen MR) is 273 cm³/mol. The lowest BCUT2D eigenvalue weighted by atomic mass is 9.67. The summed E-state index contributed by atoms with van der Waals surface area (Å²) in [5.41, 5.74) is 16.0. The van der Waals surface area contributed by atoms with Crippen LogP contribution in [0.25, 0.3) is 87.7 Å². The van der Waals surface area contributed by atoms with Gasteiger partial charge in [-0.1, -0.05) is 182 Å². The van der Waals surface area contributed by atoms with Crippen LogP contribution in [-0.2, 0) is 5.41 Å². The van der Waals surface area contributed by atoms with Gasteiger partial charge in [0.2, 0.25) is 0 Å². The van der Waals surface area contributed by atoms with E-state index in [9.17, 15) is 0 Å². The number of hydrogen-bond acceptors (Lipinski definition) is 3. The number of rotatable bonds is 6. The molecule has 0 spiro atoms. The van der Waals surface area contributed by atoms with Gasteiger partial charge in [-0.3, -0.25) is 0 Å². The van der Waals surface area contributed by atoms with Crippen molar-refractivity contribution < 1.29 is 8.83 Å². The zero-order valence-electron chi connectivity index (χ0n) is 35.8. The number of nitrogens with zero attached hydrogens (tertiary/aromatic N) is 1. The van der Waals surface area contributed by atoms with Gasteiger partial charge in [-0.05, 0) is 110 Å². The molecule has 14 rings (SSSR count). The Kier molecular flexibility index (Phi) is 7.90. The highest BCUT2D eigenvalue weighted by molar-refractivity contribution is 6.23. The fraction of sp³-hybridized carbons (Fsp3) is 0.0159. The number of benzene rings is 11. The first kappa shape index (κ1) is 36.8. The van der Waals surface area contributed by atoms with E-state index in [1.165, 1.54) is 33.4 Å². The number of hydrogen-bond donors (Lipinski definition) is 0. The third kappa shape index (κ3) is 5.26. The lowest BCUT2D eigenvalue weighted by Crippen LogP contribution is -2.28. The molecule has 1 aliphatic rings. The maximum absolute atomic E-state index is 6.62. The predicted octanol–water partition coefficient (Wildman–Crippen LogP) is 17.3. The third-order valence-corrected chi connectivity index (χ3v) is 14.1. The van der Waals surface area contributed by atoms with Gasteiger partial charge in [-0.2, -0.15) is 0 Å². The summed E-state index contributed by atoms with van der Waals surface area (Å²) in [5.74, 6) is 0. The molecule has 2 heterocycles. The Morgan fingerprint density at radius 1 is 0.318 bits per heavy atom. The van der Waals surface area contributed by atoms with E-state index in [1.807, 2.05) is 18.2 Å². The lowest BCUT2D eigenvalue weighted by molar-refractivity contribution is 0.670. The van der Waals surface area contributed by atoms with Gasteiger partial charge in [0.25, 0.3) is 0 Å². The molecule has 3 heteroatoms. The van der Waals surface area contributed by atoms with Crippen molar-refractivity contribution in [3.05, 3.63) is 259 Å². The molecule has 2 aromatic heterocycles. The van der Waals surface area contributed by atoms with Crippen LogP contribution >= 0.6 is 0 Å². The molecule has 0 bridgehead atoms. The van der Waals surface area contributed by atoms with Gasteiger partial charge in [0.05, 0.1) is 5.41 Å². The van der Waals surface area contributed by atoms with Crippen molar-refractivity contribution in [2.75, 3.05) is 4.90 Å². The minimum absolute atomic E-state index is 0.536. The van der Waals surface area contributed by atoms with Crippen LogP contribution in [0.2, 0.25) is 0 Å². The van der Waals surface area contributed by atoms with E-state index in [2.05, 4.69) is 223 Å². The first-order valence-corrected chi connectivity index (χ1v) is 22.7. The van der Waals surface area contributed by atoms with Crippen LogP contribution in [0.1, 0.15) is 22.3 Å². The summed E-state index contributed by atoms with van der Waals surface area (Å²) in [6, 6.07) is 85.9. The fourth-order valence-corrected chi connectivity index (χ4v) is 11.3. The van der Waals surface area contributed by atoms with Gasteiger partial charge in [0.1, 0.15) is 22.3 Å². The third-order valence-electron chi connectivity index (χ3n) is 14.1. The van der Waals surface area contributed by atoms with Crippen LogP contribution in [0.4, 0.5) is 17.1 Å². The molecule has 0 amide bonds. The zero-order chi connectivity index (χ0) is 43.3. The Hall–Kier alpha value is -8.66. The molecule has 0 saturated heterocycles. The molecular formula is C63H39NO2. The largest absolute Gasteiger partial charge is 0.455 e. The smallest absolute Gasteiger partial charge is 0.143 e. The summed E-state index contributed by atoms with van der Waals surface area (Å²) >= 11 is 0. The summed E-state index contributed by atoms with van der Waals surface area (Å²) < 4.78 is 13.1. The van der Waals surface area contributed by atoms with Gasteiger partial charge in [0, 0.05) is 49.6 Å². The highest BCUT2D eigenvalue weighted by atomic mass is 16.3. The maximum Gasteiger partial charge on any atom is 0.143 e. The molecular weight excluding hydrogens is 803 g/mol. The summed E-state index contributed by atoms with van der Waals surface area (Å²) in [5, 5.41) is 9.11. The first-order chi connectivity index (χ1) is 32.7. The molecule has 66 heavy (non-hydrogen) atoms. The van der Waals surface area contributed by atoms with Crippen LogP contribution in [0.3, 0.4) is 0 Å². The molecule has 11 aromatic carbocycles. The van der Waals surface area contributed by atoms with Gasteiger partial charge in [-0.15, -0.1) is 0 Å². The molecule has 0 N–H and O–H groups in total. The van der Waals surface area contributed by atoms with Crippen molar-refractivity contribution in [1.29, 1.82) is 0 Å². The van der Waals surface area contributed by atoms with Crippen molar-refractivity contribution in [1.82, 2.24) is 0 Å². The quantitative estimate of drug-likeness (QED) is 0.156. The van der Waals surface area contributed by atoms with E-state index in [0.29, 0.717) is 0 Å². The molecule has 13 aromatic rings. The average Bonchev–Trinajstić information content (AvgIpc) is 4.06. The normalized spacial score (nSPS) is 13.0. The van der Waals surface area contributed by atoms with Gasteiger partial charge < -0.3 is 13.7 Å². The minimum atomic E-state index is -0.536. The molecule has 0 aliphatic heterocycles. The van der Waals surface area contributed by atoms with E-state index in [0.717, 1.165) is 93.6 Å². The first-order valence-electron chi connectivity index (χ1n) is 22.7. The highest BCUT2D eigenvalue weighted by Gasteiger charge is 2.46. The van der Waals surface area contributed by atoms with Crippen molar-refractivity contribution in [2.24, 2.45) is 0 Å². The Balaban J connectivity index is 0.982. The monoisotopic (exact) mass is 841 g/mol. The zero-order valence-corrected chi connectivity index (χ0v) is 35.8. The number of furan rings is 2. The second kappa shape index (κ2) is 14.2. The molecule has 0 fully saturated rings. The SMILES string of the molecule is c1ccc(C2(c3cccc(N(c4ccc(-c5cccc6c5oc5ccccc56)cc4)c4ccc5c(ccc6ccc7c8ccccc8oc7c65)c4)c3)c3ccccc3-c3ccccc32)cc1. The number of anilines is 3. The van der Waals surface area contributed by atoms with Crippen LogP contribution in [-0.4, -0.2) is 0 Å². The number of fused-ring (bicyclic) bond motifs is 13. The summed E-state index contributed by atoms with van der Waals surface area (Å²) in [4.78, 5) is 2.41. The summed E-state index contributed by atoms with van der Waals surface area (Å²) in [6.07, 6.45) is 0. The molecule has 0 radical (unpaired) electrons. The Morgan fingerprint density at radius 2 is 0.848 bits per heavy atom. The maximum atomic E-state index is 6.62. The Morgan fingerprint density at radius 3 is 1.61 bits per heavy atom. The second-order valence-electron chi connectivity index (χ2n) is 17.5. The average molecular weight is 842 g/mol. The second-order valence-corrected chi connectivity index (χ2v) is 17.5. The van der Waals surface area contributed by atoms with Crippen molar-refractivity contribution in [2.45, 2.75) is 5.41 Å². The van der Waals surface area contributed by atoms with Gasteiger partial charge in [0.15, 0.2) is 0 Å². The lowest BCUT2D eigenvalue weighted by Gasteiger charge is -2.35. The van der Waals surface area contributed by atoms with E-state index < -0.39 is 5.41 Å². The standard InChI is InChI=1S/C63H39NO2/c1-2-14-43(15-3-1)63(56-24-8-4-18-50(56)51-19-5-9-25-57(51)63)44-16-12-17-46(39-44)64(45-33-30-40(31-34-45)49-22-13-23-54-52-20-6-10-26-58(52)65-61(49)54)47-35-37-48-42(38-47)29-28-41-32-36-55-53-21-7-11-27-59(53)66-62(55)60(41)48/h1-39H. The number of para-hydroxylation sites is 3. The van der Waals surface area contributed by atoms with Gasteiger partial charge >= 0.3 is 0 Å². The molecule has 3 nitrogen and oxygen atoms in total. The molecule has 0 atom stereocenters. The molecule has 1 aliphatic carbocycles. The van der Waals surface area contributed by atoms with Gasteiger partial charge in [-0.25, -0.2) is 0 Å². The van der Waals surface area contributed by atoms with E-state index >= 15 is 0 Å². The van der Waals surface area contributed by atoms with Crippen LogP contribution in [0, 0.1) is 0 Å². The molecule has 0 saturated carbocycles. The van der Waals surface area contributed by atoms with E-state index in [4.69, 9.17) is 8.83 Å². The minimum Gasteiger partial charge on any atom is -0.455 e. The van der Waals surface area contributed by atoms with E-state index in [1.54, 1.807) is 0 Å². The topological polar surface area (TPSA) is 29.5 Å². The molecule has 308 valence electrons. The Labute approximate surface area is 381 Å². The summed E-state index contributed by atoms with van der Waals surface area (Å²) in [7, 11) is 0. The van der Waals surface area contributed by atoms with Crippen LogP contribution in [0.15, 0.2) is 245 Å². The van der Waals surface area contributed by atoms with Crippen molar-refractivity contribution in [3.63, 3.8) is 0 Å². The molecule has 0 unspecified atom stereocenters. The van der Waals surface area contributed by atoms with Crippen molar-refractivity contribution >= 4 is 82.5 Å². The van der Waals surface area contributed by atoms with E-state index in [-0.39, 0.29) is 0 Å². The van der Waals surface area contributed by atoms with Crippen LogP contribution in [0.5, 0.6) is 0 Å². The Bertz CT molecular complexity index is 4020. The highest BCUT2D eigenvalue weighted by Crippen LogP contribution is 2.56.